The molecule has 1 aliphatic carbocycles. The standard InChI is InChI=1S/C16H22F3NO/c1-12-7-9-15(21,10-8-12)11-20-14(16(17,18)19)13-5-3-2-4-6-13/h2-6,12,14,20-21H,7-11H2,1H3. The van der Waals surface area contributed by atoms with Gasteiger partial charge in [-0.2, -0.15) is 13.2 Å². The number of rotatable bonds is 4. The molecular weight excluding hydrogens is 279 g/mol. The molecule has 1 atom stereocenters. The first-order valence-electron chi connectivity index (χ1n) is 7.38. The number of aliphatic hydroxyl groups is 1. The quantitative estimate of drug-likeness (QED) is 0.886. The average Bonchev–Trinajstić information content (AvgIpc) is 2.42. The monoisotopic (exact) mass is 301 g/mol. The topological polar surface area (TPSA) is 32.3 Å². The predicted octanol–water partition coefficient (Wildman–Crippen LogP) is 3.82. The Morgan fingerprint density at radius 3 is 2.33 bits per heavy atom. The molecule has 1 aliphatic rings. The van der Waals surface area contributed by atoms with Crippen LogP contribution >= 0.6 is 0 Å². The second kappa shape index (κ2) is 6.36. The Balaban J connectivity index is 2.03. The predicted molar refractivity (Wildman–Crippen MR) is 75.8 cm³/mol. The molecule has 1 fully saturated rings. The number of nitrogens with one attached hydrogen (secondary N) is 1. The number of halogens is 3. The molecule has 0 aromatic heterocycles. The van der Waals surface area contributed by atoms with Gasteiger partial charge >= 0.3 is 6.18 Å². The van der Waals surface area contributed by atoms with E-state index in [4.69, 9.17) is 0 Å². The third-order valence-electron chi connectivity index (χ3n) is 4.30. The van der Waals surface area contributed by atoms with Crippen LogP contribution in [0.4, 0.5) is 13.2 Å². The number of benzene rings is 1. The minimum absolute atomic E-state index is 0.0290. The van der Waals surface area contributed by atoms with Gasteiger partial charge in [0.25, 0.3) is 0 Å². The van der Waals surface area contributed by atoms with Crippen LogP contribution < -0.4 is 5.32 Å². The number of hydrogen-bond acceptors (Lipinski definition) is 2. The normalized spacial score (nSPS) is 28.3. The fourth-order valence-electron chi connectivity index (χ4n) is 2.84. The molecule has 0 aliphatic heterocycles. The molecule has 0 bridgehead atoms. The molecule has 0 amide bonds. The highest BCUT2D eigenvalue weighted by molar-refractivity contribution is 5.20. The van der Waals surface area contributed by atoms with Gasteiger partial charge in [-0.25, -0.2) is 0 Å². The van der Waals surface area contributed by atoms with Crippen LogP contribution in [0.1, 0.15) is 44.2 Å². The highest BCUT2D eigenvalue weighted by Gasteiger charge is 2.42. The average molecular weight is 301 g/mol. The van der Waals surface area contributed by atoms with Gasteiger partial charge in [-0.1, -0.05) is 37.3 Å². The number of alkyl halides is 3. The Hall–Kier alpha value is -1.07. The SMILES string of the molecule is CC1CCC(O)(CNC(c2ccccc2)C(F)(F)F)CC1. The summed E-state index contributed by atoms with van der Waals surface area (Å²) in [5, 5.41) is 12.9. The third-order valence-corrected chi connectivity index (χ3v) is 4.30. The Morgan fingerprint density at radius 1 is 1.24 bits per heavy atom. The molecule has 1 aromatic carbocycles. The first-order chi connectivity index (χ1) is 9.80. The van der Waals surface area contributed by atoms with E-state index in [2.05, 4.69) is 12.2 Å². The lowest BCUT2D eigenvalue weighted by Crippen LogP contribution is -2.47. The van der Waals surface area contributed by atoms with Crippen LogP contribution in [-0.2, 0) is 0 Å². The second-order valence-corrected chi connectivity index (χ2v) is 6.17. The van der Waals surface area contributed by atoms with Crippen molar-refractivity contribution in [2.45, 2.75) is 50.4 Å². The van der Waals surface area contributed by atoms with Crippen LogP contribution in [0.2, 0.25) is 0 Å². The maximum Gasteiger partial charge on any atom is 0.407 e. The summed E-state index contributed by atoms with van der Waals surface area (Å²) in [6.07, 6.45) is -1.54. The molecule has 5 heteroatoms. The zero-order chi connectivity index (χ0) is 15.5. The Labute approximate surface area is 123 Å². The van der Waals surface area contributed by atoms with E-state index in [1.807, 2.05) is 0 Å². The van der Waals surface area contributed by atoms with Crippen molar-refractivity contribution in [3.8, 4) is 0 Å². The Morgan fingerprint density at radius 2 is 1.81 bits per heavy atom. The number of hydrogen-bond donors (Lipinski definition) is 2. The van der Waals surface area contributed by atoms with E-state index in [-0.39, 0.29) is 12.1 Å². The zero-order valence-electron chi connectivity index (χ0n) is 12.2. The van der Waals surface area contributed by atoms with Crippen molar-refractivity contribution in [3.05, 3.63) is 35.9 Å². The summed E-state index contributed by atoms with van der Waals surface area (Å²) in [6, 6.07) is 6.05. The lowest BCUT2D eigenvalue weighted by Gasteiger charge is -2.36. The first kappa shape index (κ1) is 16.3. The lowest BCUT2D eigenvalue weighted by atomic mass is 9.79. The summed E-state index contributed by atoms with van der Waals surface area (Å²) in [6.45, 7) is 2.08. The van der Waals surface area contributed by atoms with Crippen LogP contribution in [0.25, 0.3) is 0 Å². The van der Waals surface area contributed by atoms with Gasteiger partial charge < -0.3 is 5.11 Å². The van der Waals surface area contributed by atoms with Crippen LogP contribution in [0.15, 0.2) is 30.3 Å². The van der Waals surface area contributed by atoms with Gasteiger partial charge in [0, 0.05) is 6.54 Å². The lowest BCUT2D eigenvalue weighted by molar-refractivity contribution is -0.161. The molecule has 1 unspecified atom stereocenters. The Kier molecular flexibility index (Phi) is 4.94. The van der Waals surface area contributed by atoms with Gasteiger partial charge in [-0.05, 0) is 37.2 Å². The molecule has 0 radical (unpaired) electrons. The molecule has 1 saturated carbocycles. The van der Waals surface area contributed by atoms with E-state index in [0.717, 1.165) is 12.8 Å². The molecule has 2 rings (SSSR count). The van der Waals surface area contributed by atoms with E-state index >= 15 is 0 Å². The van der Waals surface area contributed by atoms with Gasteiger partial charge in [0.15, 0.2) is 0 Å². The summed E-state index contributed by atoms with van der Waals surface area (Å²) in [4.78, 5) is 0. The molecule has 2 N–H and O–H groups in total. The minimum atomic E-state index is -4.38. The molecule has 0 heterocycles. The van der Waals surface area contributed by atoms with E-state index in [9.17, 15) is 18.3 Å². The minimum Gasteiger partial charge on any atom is -0.389 e. The van der Waals surface area contributed by atoms with Crippen molar-refractivity contribution < 1.29 is 18.3 Å². The summed E-state index contributed by atoms with van der Waals surface area (Å²) in [5.41, 5.74) is -0.845. The van der Waals surface area contributed by atoms with Crippen molar-refractivity contribution in [2.24, 2.45) is 5.92 Å². The molecular formula is C16H22F3NO. The highest BCUT2D eigenvalue weighted by atomic mass is 19.4. The van der Waals surface area contributed by atoms with E-state index in [1.165, 1.54) is 12.1 Å². The van der Waals surface area contributed by atoms with Gasteiger partial charge in [-0.15, -0.1) is 0 Å². The van der Waals surface area contributed by atoms with Crippen molar-refractivity contribution in [3.63, 3.8) is 0 Å². The Bertz CT molecular complexity index is 439. The maximum atomic E-state index is 13.2. The van der Waals surface area contributed by atoms with Gasteiger partial charge in [0.05, 0.1) is 5.60 Å². The molecule has 0 spiro atoms. The summed E-state index contributed by atoms with van der Waals surface area (Å²) in [5.74, 6) is 0.540. The van der Waals surface area contributed by atoms with Crippen LogP contribution in [0, 0.1) is 5.92 Å². The van der Waals surface area contributed by atoms with Crippen molar-refractivity contribution >= 4 is 0 Å². The van der Waals surface area contributed by atoms with Crippen molar-refractivity contribution in [2.75, 3.05) is 6.54 Å². The molecule has 118 valence electrons. The van der Waals surface area contributed by atoms with Crippen molar-refractivity contribution in [1.29, 1.82) is 0 Å². The fraction of sp³-hybridized carbons (Fsp3) is 0.625. The largest absolute Gasteiger partial charge is 0.407 e. The molecule has 0 saturated heterocycles. The van der Waals surface area contributed by atoms with Crippen LogP contribution in [0.5, 0.6) is 0 Å². The van der Waals surface area contributed by atoms with Gasteiger partial charge in [0.1, 0.15) is 6.04 Å². The highest BCUT2D eigenvalue weighted by Crippen LogP contribution is 2.35. The van der Waals surface area contributed by atoms with Crippen LogP contribution in [-0.4, -0.2) is 23.4 Å². The first-order valence-corrected chi connectivity index (χ1v) is 7.38. The summed E-state index contributed by atoms with van der Waals surface area (Å²) >= 11 is 0. The maximum absolute atomic E-state index is 13.2. The summed E-state index contributed by atoms with van der Waals surface area (Å²) in [7, 11) is 0. The summed E-state index contributed by atoms with van der Waals surface area (Å²) < 4.78 is 39.6. The smallest absolute Gasteiger partial charge is 0.389 e. The molecule has 1 aromatic rings. The zero-order valence-corrected chi connectivity index (χ0v) is 12.2. The van der Waals surface area contributed by atoms with Crippen molar-refractivity contribution in [1.82, 2.24) is 5.32 Å². The van der Waals surface area contributed by atoms with Crippen LogP contribution in [0.3, 0.4) is 0 Å². The fourth-order valence-corrected chi connectivity index (χ4v) is 2.84. The van der Waals surface area contributed by atoms with E-state index in [1.54, 1.807) is 18.2 Å². The second-order valence-electron chi connectivity index (χ2n) is 6.17. The molecule has 21 heavy (non-hydrogen) atoms. The molecule has 2 nitrogen and oxygen atoms in total. The third kappa shape index (κ3) is 4.45. The van der Waals surface area contributed by atoms with E-state index < -0.39 is 17.8 Å². The van der Waals surface area contributed by atoms with E-state index in [0.29, 0.717) is 18.8 Å². The van der Waals surface area contributed by atoms with Gasteiger partial charge in [0.2, 0.25) is 0 Å². The van der Waals surface area contributed by atoms with Gasteiger partial charge in [-0.3, -0.25) is 5.32 Å².